The first kappa shape index (κ1) is 16.7. The van der Waals surface area contributed by atoms with Crippen LogP contribution < -0.4 is 5.32 Å². The van der Waals surface area contributed by atoms with E-state index in [-0.39, 0.29) is 31.3 Å². The van der Waals surface area contributed by atoms with E-state index in [0.717, 1.165) is 0 Å². The SMILES string of the molecule is CC(=O)NCCN(C(=O)Cc1cnn(C)c1)C(C)C(=O)O. The van der Waals surface area contributed by atoms with Gasteiger partial charge in [0.25, 0.3) is 0 Å². The van der Waals surface area contributed by atoms with Crippen LogP contribution in [0, 0.1) is 0 Å². The molecule has 0 aliphatic heterocycles. The second kappa shape index (κ2) is 7.41. The zero-order valence-corrected chi connectivity index (χ0v) is 12.4. The number of carbonyl (C=O) groups excluding carboxylic acids is 2. The molecular formula is C13H20N4O4. The van der Waals surface area contributed by atoms with Crippen LogP contribution in [0.25, 0.3) is 0 Å². The van der Waals surface area contributed by atoms with Crippen LogP contribution in [0.3, 0.4) is 0 Å². The van der Waals surface area contributed by atoms with Crippen molar-refractivity contribution in [2.45, 2.75) is 26.3 Å². The van der Waals surface area contributed by atoms with E-state index in [1.165, 1.54) is 18.7 Å². The van der Waals surface area contributed by atoms with Crippen molar-refractivity contribution < 1.29 is 19.5 Å². The molecule has 1 aromatic rings. The van der Waals surface area contributed by atoms with Gasteiger partial charge < -0.3 is 15.3 Å². The fraction of sp³-hybridized carbons (Fsp3) is 0.538. The van der Waals surface area contributed by atoms with Crippen molar-refractivity contribution in [3.63, 3.8) is 0 Å². The molecule has 8 nitrogen and oxygen atoms in total. The van der Waals surface area contributed by atoms with Gasteiger partial charge in [-0.2, -0.15) is 5.10 Å². The molecule has 1 rings (SSSR count). The molecule has 0 fully saturated rings. The standard InChI is InChI=1S/C13H20N4O4/c1-9(13(20)21)17(5-4-14-10(2)18)12(19)6-11-7-15-16(3)8-11/h7-9H,4-6H2,1-3H3,(H,14,18)(H,20,21). The van der Waals surface area contributed by atoms with Crippen LogP contribution in [-0.2, 0) is 27.9 Å². The van der Waals surface area contributed by atoms with Gasteiger partial charge >= 0.3 is 5.97 Å². The molecular weight excluding hydrogens is 276 g/mol. The highest BCUT2D eigenvalue weighted by Crippen LogP contribution is 2.06. The molecule has 116 valence electrons. The van der Waals surface area contributed by atoms with E-state index in [1.54, 1.807) is 24.1 Å². The molecule has 2 amide bonds. The van der Waals surface area contributed by atoms with E-state index in [1.807, 2.05) is 0 Å². The molecule has 0 saturated heterocycles. The Morgan fingerprint density at radius 2 is 2.14 bits per heavy atom. The van der Waals surface area contributed by atoms with Crippen LogP contribution in [-0.4, -0.2) is 56.7 Å². The van der Waals surface area contributed by atoms with Gasteiger partial charge in [-0.3, -0.25) is 14.3 Å². The number of aryl methyl sites for hydroxylation is 1. The summed E-state index contributed by atoms with van der Waals surface area (Å²) in [4.78, 5) is 35.4. The molecule has 2 N–H and O–H groups in total. The molecule has 0 radical (unpaired) electrons. The highest BCUT2D eigenvalue weighted by Gasteiger charge is 2.25. The predicted molar refractivity (Wildman–Crippen MR) is 74.4 cm³/mol. The Balaban J connectivity index is 2.71. The van der Waals surface area contributed by atoms with Crippen molar-refractivity contribution in [2.75, 3.05) is 13.1 Å². The Labute approximate surface area is 122 Å². The average molecular weight is 296 g/mol. The zero-order valence-electron chi connectivity index (χ0n) is 12.4. The maximum Gasteiger partial charge on any atom is 0.326 e. The number of carboxylic acids is 1. The van der Waals surface area contributed by atoms with Crippen LogP contribution in [0.2, 0.25) is 0 Å². The van der Waals surface area contributed by atoms with Crippen molar-refractivity contribution in [3.8, 4) is 0 Å². The molecule has 0 bridgehead atoms. The van der Waals surface area contributed by atoms with Crippen LogP contribution >= 0.6 is 0 Å². The number of hydrogen-bond acceptors (Lipinski definition) is 4. The quantitative estimate of drug-likeness (QED) is 0.699. The number of hydrogen-bond donors (Lipinski definition) is 2. The lowest BCUT2D eigenvalue weighted by molar-refractivity contribution is -0.149. The summed E-state index contributed by atoms with van der Waals surface area (Å²) in [5.41, 5.74) is 0.713. The monoisotopic (exact) mass is 296 g/mol. The fourth-order valence-corrected chi connectivity index (χ4v) is 1.86. The molecule has 1 atom stereocenters. The fourth-order valence-electron chi connectivity index (χ4n) is 1.86. The number of nitrogens with one attached hydrogen (secondary N) is 1. The third-order valence-corrected chi connectivity index (χ3v) is 2.99. The lowest BCUT2D eigenvalue weighted by Crippen LogP contribution is -2.47. The molecule has 0 spiro atoms. The second-order valence-corrected chi connectivity index (χ2v) is 4.78. The minimum Gasteiger partial charge on any atom is -0.480 e. The van der Waals surface area contributed by atoms with Crippen molar-refractivity contribution >= 4 is 17.8 Å². The van der Waals surface area contributed by atoms with Gasteiger partial charge in [0.15, 0.2) is 0 Å². The number of aromatic nitrogens is 2. The summed E-state index contributed by atoms with van der Waals surface area (Å²) in [5.74, 6) is -1.63. The summed E-state index contributed by atoms with van der Waals surface area (Å²) in [6.07, 6.45) is 3.34. The molecule has 8 heteroatoms. The van der Waals surface area contributed by atoms with Crippen LogP contribution in [0.1, 0.15) is 19.4 Å². The number of rotatable bonds is 7. The maximum absolute atomic E-state index is 12.3. The highest BCUT2D eigenvalue weighted by atomic mass is 16.4. The summed E-state index contributed by atoms with van der Waals surface area (Å²) >= 11 is 0. The Morgan fingerprint density at radius 1 is 1.48 bits per heavy atom. The molecule has 0 aliphatic carbocycles. The predicted octanol–water partition coefficient (Wildman–Crippen LogP) is -0.600. The second-order valence-electron chi connectivity index (χ2n) is 4.78. The Kier molecular flexibility index (Phi) is 5.89. The van der Waals surface area contributed by atoms with Gasteiger partial charge in [-0.1, -0.05) is 0 Å². The number of amides is 2. The van der Waals surface area contributed by atoms with Gasteiger partial charge in [0, 0.05) is 33.3 Å². The molecule has 21 heavy (non-hydrogen) atoms. The van der Waals surface area contributed by atoms with Crippen molar-refractivity contribution in [1.29, 1.82) is 0 Å². The smallest absolute Gasteiger partial charge is 0.326 e. The summed E-state index contributed by atoms with van der Waals surface area (Å²) in [7, 11) is 1.74. The molecule has 0 aliphatic rings. The highest BCUT2D eigenvalue weighted by molar-refractivity contribution is 5.84. The van der Waals surface area contributed by atoms with Gasteiger partial charge in [-0.25, -0.2) is 4.79 Å². The maximum atomic E-state index is 12.3. The van der Waals surface area contributed by atoms with Gasteiger partial charge in [-0.15, -0.1) is 0 Å². The number of carboxylic acid groups (broad SMARTS) is 1. The van der Waals surface area contributed by atoms with E-state index >= 15 is 0 Å². The van der Waals surface area contributed by atoms with Crippen LogP contribution in [0.5, 0.6) is 0 Å². The van der Waals surface area contributed by atoms with E-state index < -0.39 is 12.0 Å². The molecule has 1 unspecified atom stereocenters. The molecule has 0 aromatic carbocycles. The first-order valence-corrected chi connectivity index (χ1v) is 6.55. The third kappa shape index (κ3) is 5.25. The van der Waals surface area contributed by atoms with Gasteiger partial charge in [0.05, 0.1) is 12.6 Å². The average Bonchev–Trinajstić information content (AvgIpc) is 2.78. The Hall–Kier alpha value is -2.38. The zero-order chi connectivity index (χ0) is 16.0. The van der Waals surface area contributed by atoms with E-state index in [9.17, 15) is 14.4 Å². The first-order valence-electron chi connectivity index (χ1n) is 6.55. The summed E-state index contributed by atoms with van der Waals surface area (Å²) in [6.45, 7) is 3.16. The van der Waals surface area contributed by atoms with Crippen LogP contribution in [0.15, 0.2) is 12.4 Å². The van der Waals surface area contributed by atoms with Crippen LogP contribution in [0.4, 0.5) is 0 Å². The van der Waals surface area contributed by atoms with E-state index in [0.29, 0.717) is 5.56 Å². The molecule has 1 aromatic heterocycles. The number of carbonyl (C=O) groups is 3. The van der Waals surface area contributed by atoms with E-state index in [4.69, 9.17) is 5.11 Å². The van der Waals surface area contributed by atoms with Gasteiger partial charge in [0.1, 0.15) is 6.04 Å². The summed E-state index contributed by atoms with van der Waals surface area (Å²) < 4.78 is 1.57. The number of aliphatic carboxylic acids is 1. The first-order chi connectivity index (χ1) is 9.81. The van der Waals surface area contributed by atoms with Gasteiger partial charge in [0.2, 0.25) is 11.8 Å². The minimum absolute atomic E-state index is 0.0749. The molecule has 0 saturated carbocycles. The van der Waals surface area contributed by atoms with Gasteiger partial charge in [-0.05, 0) is 12.5 Å². The lowest BCUT2D eigenvalue weighted by Gasteiger charge is -2.26. The topological polar surface area (TPSA) is 105 Å². The van der Waals surface area contributed by atoms with Crippen molar-refractivity contribution in [1.82, 2.24) is 20.0 Å². The van der Waals surface area contributed by atoms with E-state index in [2.05, 4.69) is 10.4 Å². The Bertz CT molecular complexity index is 526. The van der Waals surface area contributed by atoms with Crippen molar-refractivity contribution in [2.24, 2.45) is 7.05 Å². The Morgan fingerprint density at radius 3 is 2.62 bits per heavy atom. The summed E-state index contributed by atoms with van der Waals surface area (Å²) in [5, 5.41) is 15.6. The summed E-state index contributed by atoms with van der Waals surface area (Å²) in [6, 6.07) is -0.956. The lowest BCUT2D eigenvalue weighted by atomic mass is 10.2. The largest absolute Gasteiger partial charge is 0.480 e. The van der Waals surface area contributed by atoms with Crippen molar-refractivity contribution in [3.05, 3.63) is 18.0 Å². The third-order valence-electron chi connectivity index (χ3n) is 2.99. The minimum atomic E-state index is -1.09. The number of nitrogens with zero attached hydrogens (tertiary/aromatic N) is 3. The normalized spacial score (nSPS) is 11.8. The molecule has 1 heterocycles.